The van der Waals surface area contributed by atoms with E-state index in [0.717, 1.165) is 5.69 Å². The summed E-state index contributed by atoms with van der Waals surface area (Å²) in [4.78, 5) is 0. The molecule has 1 nitrogen and oxygen atoms in total. The molecule has 0 fully saturated rings. The van der Waals surface area contributed by atoms with Crippen LogP contribution in [0.1, 0.15) is 0 Å². The first-order valence-corrected chi connectivity index (χ1v) is 7.35. The van der Waals surface area contributed by atoms with E-state index in [4.69, 9.17) is 0 Å². The summed E-state index contributed by atoms with van der Waals surface area (Å²) in [6, 6.07) is 14.5. The maximum atomic E-state index is 12.6. The molecule has 3 aromatic rings. The van der Waals surface area contributed by atoms with Gasteiger partial charge in [0.2, 0.25) is 0 Å². The number of fused-ring (bicyclic) bond motifs is 3. The number of hydrogen-bond donors (Lipinski definition) is 1. The molecule has 0 saturated heterocycles. The van der Waals surface area contributed by atoms with Gasteiger partial charge in [0.15, 0.2) is 0 Å². The van der Waals surface area contributed by atoms with Crippen molar-refractivity contribution in [3.63, 3.8) is 0 Å². The summed E-state index contributed by atoms with van der Waals surface area (Å²) in [6.45, 7) is 7.03. The van der Waals surface area contributed by atoms with Gasteiger partial charge in [-0.25, -0.2) is 4.39 Å². The Bertz CT molecular complexity index is 873. The van der Waals surface area contributed by atoms with Gasteiger partial charge in [0, 0.05) is 31.6 Å². The number of nitrogens with one attached hydrogen (secondary N) is 1. The van der Waals surface area contributed by atoms with Crippen LogP contribution in [0.25, 0.3) is 20.2 Å². The predicted octanol–water partition coefficient (Wildman–Crippen LogP) is 6.02. The Morgan fingerprint density at radius 3 is 2.57 bits per heavy atom. The number of hydrogen-bond acceptors (Lipinski definition) is 2. The molecule has 3 heteroatoms. The third kappa shape index (κ3) is 2.88. The Balaban J connectivity index is 1.95. The van der Waals surface area contributed by atoms with E-state index in [0.29, 0.717) is 5.70 Å². The molecule has 0 unspecified atom stereocenters. The van der Waals surface area contributed by atoms with Crippen molar-refractivity contribution in [2.24, 2.45) is 0 Å². The predicted molar refractivity (Wildman–Crippen MR) is 91.5 cm³/mol. The Labute approximate surface area is 126 Å². The van der Waals surface area contributed by atoms with E-state index in [2.05, 4.69) is 42.7 Å². The van der Waals surface area contributed by atoms with E-state index < -0.39 is 5.83 Å². The van der Waals surface area contributed by atoms with Gasteiger partial charge in [-0.1, -0.05) is 31.4 Å². The molecule has 0 aliphatic carbocycles. The van der Waals surface area contributed by atoms with Gasteiger partial charge in [0.25, 0.3) is 0 Å². The lowest BCUT2D eigenvalue weighted by Gasteiger charge is -2.06. The summed E-state index contributed by atoms with van der Waals surface area (Å²) in [5.41, 5.74) is 1.55. The molecule has 1 aromatic heterocycles. The standard InChI is InChI=1S/C18H14FNS/c1-12(19)7-8-13(2)20-14-9-10-18-16(11-14)15-5-3-4-6-17(15)21-18/h3-11,20H,1-2H2/b8-7-. The van der Waals surface area contributed by atoms with Crippen molar-refractivity contribution in [2.75, 3.05) is 5.32 Å². The Morgan fingerprint density at radius 2 is 1.76 bits per heavy atom. The molecule has 0 radical (unpaired) electrons. The molecule has 0 saturated carbocycles. The normalized spacial score (nSPS) is 11.3. The molecule has 1 heterocycles. The summed E-state index contributed by atoms with van der Waals surface area (Å²) >= 11 is 1.78. The molecule has 0 aliphatic heterocycles. The Morgan fingerprint density at radius 1 is 1.00 bits per heavy atom. The molecule has 2 aromatic carbocycles. The highest BCUT2D eigenvalue weighted by Gasteiger charge is 2.05. The summed E-state index contributed by atoms with van der Waals surface area (Å²) < 4.78 is 15.1. The highest BCUT2D eigenvalue weighted by molar-refractivity contribution is 7.25. The summed E-state index contributed by atoms with van der Waals surface area (Å²) in [6.07, 6.45) is 2.85. The van der Waals surface area contributed by atoms with Crippen LogP contribution in [0.15, 0.2) is 79.3 Å². The maximum absolute atomic E-state index is 12.6. The summed E-state index contributed by atoms with van der Waals surface area (Å²) in [5.74, 6) is -0.489. The first-order chi connectivity index (χ1) is 10.1. The second-order valence-corrected chi connectivity index (χ2v) is 5.82. The SMILES string of the molecule is C=C(F)/C=C\C(=C)Nc1ccc2sc3ccccc3c2c1. The second-order valence-electron chi connectivity index (χ2n) is 4.74. The van der Waals surface area contributed by atoms with Crippen molar-refractivity contribution in [1.29, 1.82) is 0 Å². The van der Waals surface area contributed by atoms with Gasteiger partial charge < -0.3 is 5.32 Å². The van der Waals surface area contributed by atoms with Crippen LogP contribution in [0.4, 0.5) is 10.1 Å². The first kappa shape index (κ1) is 13.6. The van der Waals surface area contributed by atoms with Crippen LogP contribution in [0.5, 0.6) is 0 Å². The lowest BCUT2D eigenvalue weighted by Crippen LogP contribution is -1.94. The van der Waals surface area contributed by atoms with E-state index in [1.807, 2.05) is 18.2 Å². The molecule has 0 atom stereocenters. The molecular weight excluding hydrogens is 281 g/mol. The summed E-state index contributed by atoms with van der Waals surface area (Å²) in [7, 11) is 0. The number of allylic oxidation sites excluding steroid dienone is 3. The van der Waals surface area contributed by atoms with Gasteiger partial charge >= 0.3 is 0 Å². The minimum atomic E-state index is -0.489. The minimum Gasteiger partial charge on any atom is -0.356 e. The molecule has 0 aliphatic rings. The van der Waals surface area contributed by atoms with Crippen LogP contribution in [0.3, 0.4) is 0 Å². The smallest absolute Gasteiger partial charge is 0.116 e. The third-order valence-electron chi connectivity index (χ3n) is 3.15. The lowest BCUT2D eigenvalue weighted by atomic mass is 10.1. The number of anilines is 1. The van der Waals surface area contributed by atoms with Crippen molar-refractivity contribution in [3.05, 3.63) is 79.3 Å². The van der Waals surface area contributed by atoms with Crippen LogP contribution in [-0.4, -0.2) is 0 Å². The van der Waals surface area contributed by atoms with Crippen molar-refractivity contribution < 1.29 is 4.39 Å². The molecule has 1 N–H and O–H groups in total. The average Bonchev–Trinajstić information content (AvgIpc) is 2.83. The zero-order chi connectivity index (χ0) is 14.8. The molecule has 0 spiro atoms. The van der Waals surface area contributed by atoms with E-state index in [1.165, 1.54) is 26.2 Å². The fourth-order valence-electron chi connectivity index (χ4n) is 2.22. The lowest BCUT2D eigenvalue weighted by molar-refractivity contribution is 0.671. The summed E-state index contributed by atoms with van der Waals surface area (Å²) in [5, 5.41) is 5.62. The second kappa shape index (κ2) is 5.54. The van der Waals surface area contributed by atoms with Crippen molar-refractivity contribution >= 4 is 37.2 Å². The first-order valence-electron chi connectivity index (χ1n) is 6.53. The number of halogens is 1. The number of benzene rings is 2. The molecule has 0 bridgehead atoms. The highest BCUT2D eigenvalue weighted by Crippen LogP contribution is 2.35. The average molecular weight is 295 g/mol. The van der Waals surface area contributed by atoms with Crippen LogP contribution in [0, 0.1) is 0 Å². The van der Waals surface area contributed by atoms with Crippen molar-refractivity contribution in [1.82, 2.24) is 0 Å². The number of thiophene rings is 1. The van der Waals surface area contributed by atoms with Gasteiger partial charge in [-0.2, -0.15) is 0 Å². The Hall–Kier alpha value is -2.39. The van der Waals surface area contributed by atoms with Crippen molar-refractivity contribution in [2.45, 2.75) is 0 Å². The van der Waals surface area contributed by atoms with Crippen LogP contribution >= 0.6 is 11.3 Å². The molecular formula is C18H14FNS. The monoisotopic (exact) mass is 295 g/mol. The van der Waals surface area contributed by atoms with Crippen molar-refractivity contribution in [3.8, 4) is 0 Å². The molecule has 3 rings (SSSR count). The molecule has 0 amide bonds. The van der Waals surface area contributed by atoms with E-state index in [9.17, 15) is 4.39 Å². The van der Waals surface area contributed by atoms with E-state index in [-0.39, 0.29) is 0 Å². The van der Waals surface area contributed by atoms with Crippen LogP contribution < -0.4 is 5.32 Å². The fraction of sp³-hybridized carbons (Fsp3) is 0. The van der Waals surface area contributed by atoms with E-state index >= 15 is 0 Å². The minimum absolute atomic E-state index is 0.489. The zero-order valence-corrected chi connectivity index (χ0v) is 12.2. The number of rotatable bonds is 4. The van der Waals surface area contributed by atoms with Gasteiger partial charge in [0.05, 0.1) is 0 Å². The largest absolute Gasteiger partial charge is 0.356 e. The fourth-order valence-corrected chi connectivity index (χ4v) is 3.31. The van der Waals surface area contributed by atoms with Gasteiger partial charge in [-0.15, -0.1) is 11.3 Å². The maximum Gasteiger partial charge on any atom is 0.116 e. The third-order valence-corrected chi connectivity index (χ3v) is 4.30. The highest BCUT2D eigenvalue weighted by atomic mass is 32.1. The quantitative estimate of drug-likeness (QED) is 0.580. The van der Waals surface area contributed by atoms with Gasteiger partial charge in [-0.3, -0.25) is 0 Å². The molecule has 21 heavy (non-hydrogen) atoms. The van der Waals surface area contributed by atoms with Gasteiger partial charge in [-0.05, 0) is 36.4 Å². The van der Waals surface area contributed by atoms with E-state index in [1.54, 1.807) is 17.4 Å². The zero-order valence-electron chi connectivity index (χ0n) is 11.4. The molecule has 104 valence electrons. The van der Waals surface area contributed by atoms with Crippen LogP contribution in [-0.2, 0) is 0 Å². The van der Waals surface area contributed by atoms with Gasteiger partial charge in [0.1, 0.15) is 5.83 Å². The topological polar surface area (TPSA) is 12.0 Å². The van der Waals surface area contributed by atoms with Crippen LogP contribution in [0.2, 0.25) is 0 Å². The Kier molecular flexibility index (Phi) is 3.59.